The van der Waals surface area contributed by atoms with Crippen molar-refractivity contribution in [2.75, 3.05) is 12.4 Å². The number of anilines is 1. The summed E-state index contributed by atoms with van der Waals surface area (Å²) in [4.78, 5) is 4.09. The number of hydrogen-bond donors (Lipinski definition) is 1. The average Bonchev–Trinajstić information content (AvgIpc) is 2.73. The maximum Gasteiger partial charge on any atom is 0.213 e. The topological polar surface area (TPSA) is 64.9 Å². The van der Waals surface area contributed by atoms with Crippen LogP contribution < -0.4 is 10.1 Å². The molecule has 2 aromatic rings. The second kappa shape index (κ2) is 4.61. The van der Waals surface area contributed by atoms with Crippen molar-refractivity contribution in [3.05, 3.63) is 30.2 Å². The fraction of sp³-hybridized carbons (Fsp3) is 0.300. The molecule has 0 saturated heterocycles. The number of nitrogens with zero attached hydrogens (tertiary/aromatic N) is 4. The maximum absolute atomic E-state index is 4.97. The van der Waals surface area contributed by atoms with Gasteiger partial charge < -0.3 is 10.1 Å². The number of aryl methyl sites for hydroxylation is 1. The highest BCUT2D eigenvalue weighted by Crippen LogP contribution is 2.11. The van der Waals surface area contributed by atoms with Crippen LogP contribution in [0.15, 0.2) is 24.5 Å². The van der Waals surface area contributed by atoms with Gasteiger partial charge in [-0.15, -0.1) is 5.10 Å². The smallest absolute Gasteiger partial charge is 0.213 e. The van der Waals surface area contributed by atoms with E-state index in [4.69, 9.17) is 4.74 Å². The lowest BCUT2D eigenvalue weighted by Crippen LogP contribution is -2.00. The van der Waals surface area contributed by atoms with Gasteiger partial charge in [0.1, 0.15) is 5.69 Å². The number of pyridine rings is 1. The van der Waals surface area contributed by atoms with Gasteiger partial charge in [0.05, 0.1) is 25.5 Å². The Morgan fingerprint density at radius 3 is 2.88 bits per heavy atom. The predicted molar refractivity (Wildman–Crippen MR) is 59.1 cm³/mol. The van der Waals surface area contributed by atoms with Crippen LogP contribution in [0, 0.1) is 0 Å². The van der Waals surface area contributed by atoms with Crippen molar-refractivity contribution in [1.82, 2.24) is 20.0 Å². The Hall–Kier alpha value is -2.11. The molecule has 6 nitrogen and oxygen atoms in total. The maximum atomic E-state index is 4.97. The summed E-state index contributed by atoms with van der Waals surface area (Å²) in [5.41, 5.74) is 1.81. The Kier molecular flexibility index (Phi) is 3.00. The van der Waals surface area contributed by atoms with Crippen molar-refractivity contribution in [3.63, 3.8) is 0 Å². The van der Waals surface area contributed by atoms with Gasteiger partial charge in [-0.1, -0.05) is 5.21 Å². The molecule has 0 saturated carbocycles. The minimum Gasteiger partial charge on any atom is -0.481 e. The highest BCUT2D eigenvalue weighted by Gasteiger charge is 1.99. The van der Waals surface area contributed by atoms with Crippen LogP contribution in [-0.4, -0.2) is 27.1 Å². The third-order valence-electron chi connectivity index (χ3n) is 2.07. The highest BCUT2D eigenvalue weighted by molar-refractivity contribution is 5.42. The van der Waals surface area contributed by atoms with E-state index >= 15 is 0 Å². The third kappa shape index (κ3) is 2.47. The summed E-state index contributed by atoms with van der Waals surface area (Å²) in [6, 6.07) is 3.71. The Labute approximate surface area is 93.3 Å². The molecule has 0 aliphatic heterocycles. The van der Waals surface area contributed by atoms with E-state index in [0.29, 0.717) is 12.4 Å². The molecule has 2 heterocycles. The van der Waals surface area contributed by atoms with Crippen molar-refractivity contribution in [2.24, 2.45) is 7.05 Å². The lowest BCUT2D eigenvalue weighted by Gasteiger charge is -2.04. The van der Waals surface area contributed by atoms with Gasteiger partial charge in [-0.05, 0) is 6.07 Å². The van der Waals surface area contributed by atoms with Crippen molar-refractivity contribution in [2.45, 2.75) is 6.54 Å². The van der Waals surface area contributed by atoms with Gasteiger partial charge in [-0.2, -0.15) is 0 Å². The van der Waals surface area contributed by atoms with Crippen LogP contribution in [-0.2, 0) is 13.6 Å². The fourth-order valence-corrected chi connectivity index (χ4v) is 1.27. The first-order chi connectivity index (χ1) is 7.78. The van der Waals surface area contributed by atoms with Crippen molar-refractivity contribution in [3.8, 4) is 5.88 Å². The monoisotopic (exact) mass is 219 g/mol. The number of rotatable bonds is 4. The summed E-state index contributed by atoms with van der Waals surface area (Å²) in [6.45, 7) is 0.627. The van der Waals surface area contributed by atoms with E-state index in [0.717, 1.165) is 11.4 Å². The summed E-state index contributed by atoms with van der Waals surface area (Å²) in [6.07, 6.45) is 3.58. The molecular formula is C10H13N5O. The van der Waals surface area contributed by atoms with Gasteiger partial charge in [0.15, 0.2) is 0 Å². The molecule has 0 aromatic carbocycles. The zero-order valence-electron chi connectivity index (χ0n) is 9.21. The Morgan fingerprint density at radius 2 is 2.31 bits per heavy atom. The van der Waals surface area contributed by atoms with Crippen molar-refractivity contribution in [1.29, 1.82) is 0 Å². The van der Waals surface area contributed by atoms with Crippen LogP contribution in [0.5, 0.6) is 5.88 Å². The summed E-state index contributed by atoms with van der Waals surface area (Å²) in [5, 5.41) is 11.0. The van der Waals surface area contributed by atoms with E-state index in [-0.39, 0.29) is 0 Å². The molecule has 0 aliphatic rings. The number of ether oxygens (including phenoxy) is 1. The first-order valence-corrected chi connectivity index (χ1v) is 4.87. The van der Waals surface area contributed by atoms with Crippen LogP contribution in [0.2, 0.25) is 0 Å². The van der Waals surface area contributed by atoms with E-state index in [1.54, 1.807) is 24.1 Å². The zero-order chi connectivity index (χ0) is 11.4. The molecule has 84 valence electrons. The van der Waals surface area contributed by atoms with Crippen LogP contribution >= 0.6 is 0 Å². The standard InChI is InChI=1S/C10H13N5O/c1-15-7-9(13-14-15)6-11-8-3-4-10(16-2)12-5-8/h3-5,7,11H,6H2,1-2H3. The van der Waals surface area contributed by atoms with Gasteiger partial charge in [-0.25, -0.2) is 4.98 Å². The Balaban J connectivity index is 1.94. The molecular weight excluding hydrogens is 206 g/mol. The van der Waals surface area contributed by atoms with E-state index < -0.39 is 0 Å². The van der Waals surface area contributed by atoms with E-state index in [2.05, 4.69) is 20.6 Å². The lowest BCUT2D eigenvalue weighted by molar-refractivity contribution is 0.398. The molecule has 6 heteroatoms. The van der Waals surface area contributed by atoms with E-state index in [1.165, 1.54) is 0 Å². The molecule has 2 aromatic heterocycles. The quantitative estimate of drug-likeness (QED) is 0.825. The molecule has 1 N–H and O–H groups in total. The largest absolute Gasteiger partial charge is 0.481 e. The minimum atomic E-state index is 0.602. The normalized spacial score (nSPS) is 10.1. The minimum absolute atomic E-state index is 0.602. The van der Waals surface area contributed by atoms with Gasteiger partial charge in [-0.3, -0.25) is 4.68 Å². The molecule has 0 unspecified atom stereocenters. The molecule has 0 atom stereocenters. The van der Waals surface area contributed by atoms with Crippen molar-refractivity contribution < 1.29 is 4.74 Å². The summed E-state index contributed by atoms with van der Waals surface area (Å²) in [5.74, 6) is 0.602. The summed E-state index contributed by atoms with van der Waals surface area (Å²) in [7, 11) is 3.43. The summed E-state index contributed by atoms with van der Waals surface area (Å²) < 4.78 is 6.64. The van der Waals surface area contributed by atoms with Gasteiger partial charge in [0, 0.05) is 19.3 Å². The molecule has 0 spiro atoms. The van der Waals surface area contributed by atoms with Crippen LogP contribution in [0.1, 0.15) is 5.69 Å². The molecule has 0 amide bonds. The van der Waals surface area contributed by atoms with Crippen LogP contribution in [0.25, 0.3) is 0 Å². The lowest BCUT2D eigenvalue weighted by atomic mass is 10.4. The van der Waals surface area contributed by atoms with E-state index in [1.807, 2.05) is 19.3 Å². The van der Waals surface area contributed by atoms with Crippen LogP contribution in [0.4, 0.5) is 5.69 Å². The van der Waals surface area contributed by atoms with Gasteiger partial charge in [0.25, 0.3) is 0 Å². The molecule has 0 bridgehead atoms. The first-order valence-electron chi connectivity index (χ1n) is 4.87. The Bertz CT molecular complexity index is 450. The third-order valence-corrected chi connectivity index (χ3v) is 2.07. The second-order valence-electron chi connectivity index (χ2n) is 3.33. The SMILES string of the molecule is COc1ccc(NCc2cn(C)nn2)cn1. The summed E-state index contributed by atoms with van der Waals surface area (Å²) >= 11 is 0. The van der Waals surface area contributed by atoms with E-state index in [9.17, 15) is 0 Å². The van der Waals surface area contributed by atoms with Crippen molar-refractivity contribution >= 4 is 5.69 Å². The molecule has 2 rings (SSSR count). The number of methoxy groups -OCH3 is 1. The Morgan fingerprint density at radius 1 is 1.44 bits per heavy atom. The van der Waals surface area contributed by atoms with Gasteiger partial charge >= 0.3 is 0 Å². The average molecular weight is 219 g/mol. The van der Waals surface area contributed by atoms with Crippen LogP contribution in [0.3, 0.4) is 0 Å². The first kappa shape index (κ1) is 10.4. The fourth-order valence-electron chi connectivity index (χ4n) is 1.27. The number of nitrogens with one attached hydrogen (secondary N) is 1. The molecule has 0 aliphatic carbocycles. The zero-order valence-corrected chi connectivity index (χ0v) is 9.21. The molecule has 0 radical (unpaired) electrons. The number of aromatic nitrogens is 4. The second-order valence-corrected chi connectivity index (χ2v) is 3.33. The number of hydrogen-bond acceptors (Lipinski definition) is 5. The molecule has 16 heavy (non-hydrogen) atoms. The predicted octanol–water partition coefficient (Wildman–Crippen LogP) is 0.831. The molecule has 0 fully saturated rings. The van der Waals surface area contributed by atoms with Gasteiger partial charge in [0.2, 0.25) is 5.88 Å². The highest BCUT2D eigenvalue weighted by atomic mass is 16.5.